The molecule has 1 heterocycles. The number of hydrogen-bond donors (Lipinski definition) is 2. The van der Waals surface area contributed by atoms with Crippen molar-refractivity contribution in [1.82, 2.24) is 9.97 Å². The average molecular weight is 414 g/mol. The Labute approximate surface area is 171 Å². The molecule has 0 fully saturated rings. The average Bonchev–Trinajstić information content (AvgIpc) is 2.69. The molecule has 156 valence electrons. The van der Waals surface area contributed by atoms with Gasteiger partial charge in [0.05, 0.1) is 30.2 Å². The van der Waals surface area contributed by atoms with Crippen LogP contribution in [0.4, 0.5) is 20.4 Å². The molecule has 0 radical (unpaired) electrons. The highest BCUT2D eigenvalue weighted by Gasteiger charge is 2.16. The molecule has 30 heavy (non-hydrogen) atoms. The number of aromatic nitrogens is 2. The van der Waals surface area contributed by atoms with E-state index in [4.69, 9.17) is 15.2 Å². The number of nitrogens with one attached hydrogen (secondary N) is 1. The highest BCUT2D eigenvalue weighted by atomic mass is 19.1. The van der Waals surface area contributed by atoms with Crippen molar-refractivity contribution in [2.75, 3.05) is 12.4 Å². The van der Waals surface area contributed by atoms with Crippen molar-refractivity contribution in [3.63, 3.8) is 0 Å². The van der Waals surface area contributed by atoms with Crippen LogP contribution in [0.3, 0.4) is 0 Å². The molecule has 0 saturated carbocycles. The summed E-state index contributed by atoms with van der Waals surface area (Å²) in [7, 11) is 1.31. The van der Waals surface area contributed by atoms with Crippen LogP contribution in [-0.2, 0) is 0 Å². The Bertz CT molecular complexity index is 1090. The monoisotopic (exact) mass is 414 g/mol. The van der Waals surface area contributed by atoms with E-state index >= 15 is 0 Å². The normalized spacial score (nSPS) is 10.7. The zero-order valence-corrected chi connectivity index (χ0v) is 16.6. The summed E-state index contributed by atoms with van der Waals surface area (Å²) in [6.45, 7) is 3.65. The summed E-state index contributed by atoms with van der Waals surface area (Å²) in [6, 6.07) is 7.98. The van der Waals surface area contributed by atoms with Gasteiger partial charge in [-0.15, -0.1) is 0 Å². The Balaban J connectivity index is 1.98. The van der Waals surface area contributed by atoms with Crippen LogP contribution in [0.2, 0.25) is 0 Å². The number of rotatable bonds is 7. The van der Waals surface area contributed by atoms with Gasteiger partial charge in [-0.3, -0.25) is 4.79 Å². The molecule has 1 amide bonds. The molecule has 3 N–H and O–H groups in total. The van der Waals surface area contributed by atoms with Crippen molar-refractivity contribution in [3.8, 4) is 22.8 Å². The maximum Gasteiger partial charge on any atom is 0.252 e. The second-order valence-electron chi connectivity index (χ2n) is 6.59. The number of nitrogens with zero attached hydrogens (tertiary/aromatic N) is 2. The fourth-order valence-corrected chi connectivity index (χ4v) is 2.76. The van der Waals surface area contributed by atoms with Gasteiger partial charge in [-0.05, 0) is 38.1 Å². The Morgan fingerprint density at radius 3 is 2.57 bits per heavy atom. The lowest BCUT2D eigenvalue weighted by molar-refractivity contribution is 0.0997. The van der Waals surface area contributed by atoms with Gasteiger partial charge in [-0.25, -0.2) is 18.7 Å². The molecule has 0 spiro atoms. The number of nitrogens with two attached hydrogens (primary N) is 1. The number of anilines is 2. The predicted molar refractivity (Wildman–Crippen MR) is 108 cm³/mol. The molecule has 0 bridgehead atoms. The number of amides is 1. The molecule has 0 saturated heterocycles. The van der Waals surface area contributed by atoms with E-state index in [9.17, 15) is 13.6 Å². The topological polar surface area (TPSA) is 99.4 Å². The van der Waals surface area contributed by atoms with Gasteiger partial charge < -0.3 is 20.5 Å². The molecular formula is C21H20F2N4O3. The SMILES string of the molecule is COc1cc(F)c(Nc2nccc(-c3ccc(F)cc3OC(C)C)n2)cc1C(N)=O. The van der Waals surface area contributed by atoms with Gasteiger partial charge in [0.2, 0.25) is 5.95 Å². The van der Waals surface area contributed by atoms with E-state index in [1.807, 2.05) is 13.8 Å². The summed E-state index contributed by atoms with van der Waals surface area (Å²) < 4.78 is 38.8. The van der Waals surface area contributed by atoms with Gasteiger partial charge in [-0.1, -0.05) is 0 Å². The number of hydrogen-bond acceptors (Lipinski definition) is 6. The van der Waals surface area contributed by atoms with E-state index in [1.165, 1.54) is 37.6 Å². The number of methoxy groups -OCH3 is 1. The van der Waals surface area contributed by atoms with Crippen LogP contribution in [0.5, 0.6) is 11.5 Å². The maximum atomic E-state index is 14.4. The molecule has 0 unspecified atom stereocenters. The lowest BCUT2D eigenvalue weighted by Crippen LogP contribution is -2.13. The van der Waals surface area contributed by atoms with Gasteiger partial charge in [0, 0.05) is 23.9 Å². The third-order valence-corrected chi connectivity index (χ3v) is 4.04. The van der Waals surface area contributed by atoms with Crippen molar-refractivity contribution in [2.24, 2.45) is 5.73 Å². The Kier molecular flexibility index (Phi) is 6.10. The second-order valence-corrected chi connectivity index (χ2v) is 6.59. The second kappa shape index (κ2) is 8.73. The molecule has 0 aliphatic carbocycles. The Morgan fingerprint density at radius 1 is 1.13 bits per heavy atom. The van der Waals surface area contributed by atoms with E-state index < -0.39 is 17.5 Å². The number of primary amides is 1. The molecule has 0 aliphatic heterocycles. The fourth-order valence-electron chi connectivity index (χ4n) is 2.76. The minimum Gasteiger partial charge on any atom is -0.496 e. The van der Waals surface area contributed by atoms with E-state index in [-0.39, 0.29) is 29.1 Å². The van der Waals surface area contributed by atoms with E-state index in [1.54, 1.807) is 6.07 Å². The molecule has 1 aromatic heterocycles. The summed E-state index contributed by atoms with van der Waals surface area (Å²) in [5.74, 6) is -1.50. The van der Waals surface area contributed by atoms with E-state index in [2.05, 4.69) is 15.3 Å². The number of carbonyl (C=O) groups is 1. The van der Waals surface area contributed by atoms with Crippen molar-refractivity contribution in [1.29, 1.82) is 0 Å². The van der Waals surface area contributed by atoms with E-state index in [0.717, 1.165) is 6.07 Å². The predicted octanol–water partition coefficient (Wildman–Crippen LogP) is 4.06. The lowest BCUT2D eigenvalue weighted by atomic mass is 10.1. The molecule has 9 heteroatoms. The van der Waals surface area contributed by atoms with Crippen molar-refractivity contribution in [3.05, 3.63) is 59.8 Å². The van der Waals surface area contributed by atoms with Gasteiger partial charge in [0.15, 0.2) is 0 Å². The molecule has 2 aromatic carbocycles. The number of carbonyl (C=O) groups excluding carboxylic acids is 1. The van der Waals surface area contributed by atoms with Crippen LogP contribution >= 0.6 is 0 Å². The maximum absolute atomic E-state index is 14.4. The molecule has 0 aliphatic rings. The minimum absolute atomic E-state index is 0.00343. The van der Waals surface area contributed by atoms with Gasteiger partial charge in [0.25, 0.3) is 5.91 Å². The quantitative estimate of drug-likeness (QED) is 0.605. The van der Waals surface area contributed by atoms with Crippen LogP contribution in [0, 0.1) is 11.6 Å². The highest BCUT2D eigenvalue weighted by Crippen LogP contribution is 2.32. The van der Waals surface area contributed by atoms with Crippen LogP contribution < -0.4 is 20.5 Å². The molecule has 3 rings (SSSR count). The summed E-state index contributed by atoms with van der Waals surface area (Å²) in [6.07, 6.45) is 1.29. The van der Waals surface area contributed by atoms with Crippen LogP contribution in [0.15, 0.2) is 42.6 Å². The van der Waals surface area contributed by atoms with Crippen molar-refractivity contribution < 1.29 is 23.0 Å². The van der Waals surface area contributed by atoms with Crippen LogP contribution in [0.1, 0.15) is 24.2 Å². The highest BCUT2D eigenvalue weighted by molar-refractivity contribution is 5.96. The first-order valence-corrected chi connectivity index (χ1v) is 9.02. The molecule has 7 nitrogen and oxygen atoms in total. The summed E-state index contributed by atoms with van der Waals surface area (Å²) in [5, 5.41) is 2.73. The largest absolute Gasteiger partial charge is 0.496 e. The van der Waals surface area contributed by atoms with E-state index in [0.29, 0.717) is 17.0 Å². The number of ether oxygens (including phenoxy) is 2. The standard InChI is InChI=1S/C21H20F2N4O3/c1-11(2)30-19-8-12(22)4-5-13(19)16-6-7-25-21(26-16)27-17-9-14(20(24)28)18(29-3)10-15(17)23/h4-11H,1-3H3,(H2,24,28)(H,25,26,27). The van der Waals surface area contributed by atoms with Crippen molar-refractivity contribution in [2.45, 2.75) is 20.0 Å². The van der Waals surface area contributed by atoms with Crippen LogP contribution in [0.25, 0.3) is 11.3 Å². The number of benzene rings is 2. The first kappa shape index (κ1) is 21.0. The van der Waals surface area contributed by atoms with Crippen molar-refractivity contribution >= 4 is 17.5 Å². The summed E-state index contributed by atoms with van der Waals surface area (Å²) in [5.41, 5.74) is 6.26. The first-order valence-electron chi connectivity index (χ1n) is 9.02. The minimum atomic E-state index is -0.772. The van der Waals surface area contributed by atoms with Gasteiger partial charge in [-0.2, -0.15) is 0 Å². The number of halogens is 2. The molecular weight excluding hydrogens is 394 g/mol. The smallest absolute Gasteiger partial charge is 0.252 e. The summed E-state index contributed by atoms with van der Waals surface area (Å²) >= 11 is 0. The zero-order chi connectivity index (χ0) is 21.8. The summed E-state index contributed by atoms with van der Waals surface area (Å²) in [4.78, 5) is 20.0. The van der Waals surface area contributed by atoms with Gasteiger partial charge >= 0.3 is 0 Å². The van der Waals surface area contributed by atoms with Gasteiger partial charge in [0.1, 0.15) is 23.1 Å². The third-order valence-electron chi connectivity index (χ3n) is 4.04. The Morgan fingerprint density at radius 2 is 1.90 bits per heavy atom. The third kappa shape index (κ3) is 4.62. The fraction of sp³-hybridized carbons (Fsp3) is 0.190. The Hall–Kier alpha value is -3.75. The zero-order valence-electron chi connectivity index (χ0n) is 16.6. The van der Waals surface area contributed by atoms with Crippen LogP contribution in [-0.4, -0.2) is 29.1 Å². The molecule has 3 aromatic rings. The lowest BCUT2D eigenvalue weighted by Gasteiger charge is -2.15. The first-order chi connectivity index (χ1) is 14.3. The molecule has 0 atom stereocenters.